The molecule has 6 heteroatoms. The fourth-order valence-electron chi connectivity index (χ4n) is 3.56. The molecule has 0 aliphatic heterocycles. The number of rotatable bonds is 10. The summed E-state index contributed by atoms with van der Waals surface area (Å²) >= 11 is 0. The van der Waals surface area contributed by atoms with Crippen LogP contribution in [0, 0.1) is 28.6 Å². The first-order valence-corrected chi connectivity index (χ1v) is 10.7. The Kier molecular flexibility index (Phi) is 10.4. The van der Waals surface area contributed by atoms with Crippen LogP contribution in [0.3, 0.4) is 0 Å². The van der Waals surface area contributed by atoms with Crippen LogP contribution >= 0.6 is 0 Å². The summed E-state index contributed by atoms with van der Waals surface area (Å²) in [5.41, 5.74) is 1.03. The van der Waals surface area contributed by atoms with Crippen LogP contribution in [0.15, 0.2) is 30.3 Å². The number of hydrogen-bond acceptors (Lipinski definition) is 4. The van der Waals surface area contributed by atoms with Gasteiger partial charge in [0.1, 0.15) is 18.7 Å². The maximum absolute atomic E-state index is 12.8. The van der Waals surface area contributed by atoms with Crippen LogP contribution in [0.4, 0.5) is 4.79 Å². The van der Waals surface area contributed by atoms with Crippen LogP contribution in [0.2, 0.25) is 0 Å². The number of carbonyl (C=O) groups is 2. The molecule has 0 bridgehead atoms. The molecular formula is C24H37N3O3. The summed E-state index contributed by atoms with van der Waals surface area (Å²) in [6.45, 7) is 12.7. The Labute approximate surface area is 181 Å². The van der Waals surface area contributed by atoms with Crippen molar-refractivity contribution in [1.82, 2.24) is 10.6 Å². The van der Waals surface area contributed by atoms with Crippen molar-refractivity contribution in [2.45, 2.75) is 79.5 Å². The first-order valence-electron chi connectivity index (χ1n) is 10.7. The summed E-state index contributed by atoms with van der Waals surface area (Å²) in [5, 5.41) is 15.0. The van der Waals surface area contributed by atoms with Crippen molar-refractivity contribution in [2.24, 2.45) is 17.3 Å². The molecule has 0 heterocycles. The van der Waals surface area contributed by atoms with Gasteiger partial charge in [0.25, 0.3) is 0 Å². The molecule has 0 aliphatic carbocycles. The lowest BCUT2D eigenvalue weighted by molar-refractivity contribution is -0.123. The van der Waals surface area contributed by atoms with Gasteiger partial charge in [-0.15, -0.1) is 0 Å². The van der Waals surface area contributed by atoms with E-state index in [0.29, 0.717) is 18.8 Å². The molecule has 0 saturated heterocycles. The zero-order valence-electron chi connectivity index (χ0n) is 19.2. The standard InChI is InChI=1S/C24H37N3O3/c1-17(2)12-21(27-23(29)30-16-19-10-8-7-9-11-19)22(28)26-20(15-25)13-18(3)14-24(4,5)6/h7-11,17-18,20-21H,12-14,16H2,1-6H3,(H,26,28)(H,27,29)/t18?,20?,21-/m0/s1. The summed E-state index contributed by atoms with van der Waals surface area (Å²) in [5.74, 6) is 0.132. The van der Waals surface area contributed by atoms with Crippen molar-refractivity contribution in [3.05, 3.63) is 35.9 Å². The third-order valence-corrected chi connectivity index (χ3v) is 4.60. The predicted molar refractivity (Wildman–Crippen MR) is 118 cm³/mol. The monoisotopic (exact) mass is 415 g/mol. The summed E-state index contributed by atoms with van der Waals surface area (Å²) in [6.07, 6.45) is 1.35. The third kappa shape index (κ3) is 10.8. The van der Waals surface area contributed by atoms with Gasteiger partial charge in [-0.25, -0.2) is 4.79 Å². The molecule has 0 spiro atoms. The molecule has 3 atom stereocenters. The number of amides is 2. The van der Waals surface area contributed by atoms with Gasteiger partial charge in [-0.3, -0.25) is 4.79 Å². The number of hydrogen-bond donors (Lipinski definition) is 2. The van der Waals surface area contributed by atoms with Crippen molar-refractivity contribution in [3.8, 4) is 6.07 Å². The minimum absolute atomic E-state index is 0.133. The third-order valence-electron chi connectivity index (χ3n) is 4.60. The normalized spacial score (nSPS) is 14.3. The molecule has 6 nitrogen and oxygen atoms in total. The topological polar surface area (TPSA) is 91.2 Å². The Bertz CT molecular complexity index is 705. The molecular weight excluding hydrogens is 378 g/mol. The Hall–Kier alpha value is -2.55. The molecule has 166 valence electrons. The summed E-state index contributed by atoms with van der Waals surface area (Å²) in [7, 11) is 0. The first-order chi connectivity index (χ1) is 14.0. The van der Waals surface area contributed by atoms with Crippen molar-refractivity contribution < 1.29 is 14.3 Å². The predicted octanol–water partition coefficient (Wildman–Crippen LogP) is 4.80. The molecule has 1 aromatic carbocycles. The van der Waals surface area contributed by atoms with Crippen LogP contribution < -0.4 is 10.6 Å². The van der Waals surface area contributed by atoms with E-state index in [0.717, 1.165) is 12.0 Å². The minimum atomic E-state index is -0.748. The average Bonchev–Trinajstić information content (AvgIpc) is 2.64. The highest BCUT2D eigenvalue weighted by molar-refractivity contribution is 5.86. The number of nitrogens with one attached hydrogen (secondary N) is 2. The van der Waals surface area contributed by atoms with Crippen molar-refractivity contribution in [3.63, 3.8) is 0 Å². The van der Waals surface area contributed by atoms with E-state index >= 15 is 0 Å². The Balaban J connectivity index is 2.65. The number of carbonyl (C=O) groups excluding carboxylic acids is 2. The van der Waals surface area contributed by atoms with Crippen molar-refractivity contribution in [1.29, 1.82) is 5.26 Å². The highest BCUT2D eigenvalue weighted by Crippen LogP contribution is 2.26. The van der Waals surface area contributed by atoms with Crippen LogP contribution in [0.1, 0.15) is 66.4 Å². The zero-order chi connectivity index (χ0) is 22.7. The van der Waals surface area contributed by atoms with E-state index in [4.69, 9.17) is 4.74 Å². The highest BCUT2D eigenvalue weighted by Gasteiger charge is 2.26. The van der Waals surface area contributed by atoms with Gasteiger partial charge in [0, 0.05) is 0 Å². The molecule has 2 N–H and O–H groups in total. The van der Waals surface area contributed by atoms with E-state index in [1.165, 1.54) is 0 Å². The summed E-state index contributed by atoms with van der Waals surface area (Å²) < 4.78 is 5.25. The van der Waals surface area contributed by atoms with E-state index in [2.05, 4.69) is 44.4 Å². The summed E-state index contributed by atoms with van der Waals surface area (Å²) in [4.78, 5) is 25.0. The molecule has 0 aliphatic rings. The second kappa shape index (κ2) is 12.2. The summed E-state index contributed by atoms with van der Waals surface area (Å²) in [6, 6.07) is 10.2. The van der Waals surface area contributed by atoms with Crippen LogP contribution in [0.5, 0.6) is 0 Å². The van der Waals surface area contributed by atoms with Gasteiger partial charge in [-0.05, 0) is 42.1 Å². The maximum atomic E-state index is 12.8. The van der Waals surface area contributed by atoms with Gasteiger partial charge in [0.15, 0.2) is 0 Å². The first kappa shape index (κ1) is 25.5. The molecule has 2 unspecified atom stereocenters. The lowest BCUT2D eigenvalue weighted by atomic mass is 9.83. The molecule has 2 amide bonds. The van der Waals surface area contributed by atoms with Crippen molar-refractivity contribution in [2.75, 3.05) is 0 Å². The largest absolute Gasteiger partial charge is 0.445 e. The van der Waals surface area contributed by atoms with Crippen LogP contribution in [-0.4, -0.2) is 24.1 Å². The molecule has 1 aromatic rings. The van der Waals surface area contributed by atoms with Gasteiger partial charge in [0.05, 0.1) is 6.07 Å². The van der Waals surface area contributed by atoms with E-state index in [9.17, 15) is 14.9 Å². The van der Waals surface area contributed by atoms with Crippen LogP contribution in [0.25, 0.3) is 0 Å². The van der Waals surface area contributed by atoms with E-state index in [1.54, 1.807) is 0 Å². The number of benzene rings is 1. The number of ether oxygens (including phenoxy) is 1. The zero-order valence-corrected chi connectivity index (χ0v) is 19.2. The fourth-order valence-corrected chi connectivity index (χ4v) is 3.56. The second-order valence-electron chi connectivity index (χ2n) is 9.68. The maximum Gasteiger partial charge on any atom is 0.408 e. The smallest absolute Gasteiger partial charge is 0.408 e. The quantitative estimate of drug-likeness (QED) is 0.574. The molecule has 1 rings (SSSR count). The lowest BCUT2D eigenvalue weighted by Crippen LogP contribution is -2.50. The average molecular weight is 416 g/mol. The highest BCUT2D eigenvalue weighted by atomic mass is 16.5. The second-order valence-corrected chi connectivity index (χ2v) is 9.68. The molecule has 0 aromatic heterocycles. The molecule has 30 heavy (non-hydrogen) atoms. The van der Waals surface area contributed by atoms with Crippen molar-refractivity contribution >= 4 is 12.0 Å². The van der Waals surface area contributed by atoms with Gasteiger partial charge in [0.2, 0.25) is 5.91 Å². The van der Waals surface area contributed by atoms with Crippen LogP contribution in [-0.2, 0) is 16.1 Å². The van der Waals surface area contributed by atoms with Gasteiger partial charge < -0.3 is 15.4 Å². The molecule has 0 radical (unpaired) electrons. The van der Waals surface area contributed by atoms with Gasteiger partial charge >= 0.3 is 6.09 Å². The molecule has 0 fully saturated rings. The lowest BCUT2D eigenvalue weighted by Gasteiger charge is -2.26. The Morgan fingerprint density at radius 1 is 1.07 bits per heavy atom. The number of alkyl carbamates (subject to hydrolysis) is 1. The number of nitrogens with zero attached hydrogens (tertiary/aromatic N) is 1. The van der Waals surface area contributed by atoms with E-state index in [1.807, 2.05) is 44.2 Å². The van der Waals surface area contributed by atoms with Gasteiger partial charge in [-0.1, -0.05) is 71.9 Å². The Morgan fingerprint density at radius 2 is 1.70 bits per heavy atom. The SMILES string of the molecule is CC(C)C[C@H](NC(=O)OCc1ccccc1)C(=O)NC(C#N)CC(C)CC(C)(C)C. The van der Waals surface area contributed by atoms with Gasteiger partial charge in [-0.2, -0.15) is 5.26 Å². The fraction of sp³-hybridized carbons (Fsp3) is 0.625. The number of nitriles is 1. The molecule has 0 saturated carbocycles. The minimum Gasteiger partial charge on any atom is -0.445 e. The Morgan fingerprint density at radius 3 is 2.23 bits per heavy atom. The van der Waals surface area contributed by atoms with E-state index in [-0.39, 0.29) is 23.8 Å². The van der Waals surface area contributed by atoms with E-state index < -0.39 is 18.2 Å².